The van der Waals surface area contributed by atoms with Crippen molar-refractivity contribution in [3.05, 3.63) is 46.5 Å². The van der Waals surface area contributed by atoms with E-state index >= 15 is 0 Å². The summed E-state index contributed by atoms with van der Waals surface area (Å²) in [5, 5.41) is 1.94. The molecule has 2 amide bonds. The van der Waals surface area contributed by atoms with E-state index in [4.69, 9.17) is 0 Å². The first-order chi connectivity index (χ1) is 13.8. The number of amides is 2. The van der Waals surface area contributed by atoms with Gasteiger partial charge in [0.05, 0.1) is 16.7 Å². The van der Waals surface area contributed by atoms with Crippen LogP contribution in [0, 0.1) is 0 Å². The summed E-state index contributed by atoms with van der Waals surface area (Å²) in [5.74, 6) is 0.0590. The summed E-state index contributed by atoms with van der Waals surface area (Å²) in [7, 11) is -1.13. The van der Waals surface area contributed by atoms with Gasteiger partial charge in [0.25, 0.3) is 11.8 Å². The molecule has 29 heavy (non-hydrogen) atoms. The summed E-state index contributed by atoms with van der Waals surface area (Å²) in [5.41, 5.74) is 3.19. The lowest BCUT2D eigenvalue weighted by atomic mass is 10.1. The third kappa shape index (κ3) is 3.53. The smallest absolute Gasteiger partial charge is 0.262 e. The lowest BCUT2D eigenvalue weighted by Crippen LogP contribution is -2.34. The van der Waals surface area contributed by atoms with Crippen LogP contribution in [0.1, 0.15) is 71.9 Å². The Labute approximate surface area is 177 Å². The largest absolute Gasteiger partial charge is 0.268 e. The van der Waals surface area contributed by atoms with Gasteiger partial charge in [0.2, 0.25) is 0 Å². The minimum Gasteiger partial charge on any atom is -0.268 e. The van der Waals surface area contributed by atoms with E-state index in [1.54, 1.807) is 4.90 Å². The predicted molar refractivity (Wildman–Crippen MR) is 124 cm³/mol. The lowest BCUT2D eigenvalue weighted by molar-refractivity contribution is -0.139. The first-order valence-electron chi connectivity index (χ1n) is 11.1. The fraction of sp³-hybridized carbons (Fsp3) is 0.583. The minimum atomic E-state index is -0.565. The van der Waals surface area contributed by atoms with Crippen molar-refractivity contribution < 1.29 is 9.59 Å². The van der Waals surface area contributed by atoms with E-state index < -0.39 is 15.8 Å². The Kier molecular flexibility index (Phi) is 6.02. The first kappa shape index (κ1) is 21.2. The minimum absolute atomic E-state index is 0.0295. The van der Waals surface area contributed by atoms with Gasteiger partial charge in [0, 0.05) is 0 Å². The molecule has 1 aromatic rings. The molecule has 0 radical (unpaired) electrons. The molecule has 0 unspecified atom stereocenters. The SMILES string of the molecule is C[C@@H]1CC[C@@H](C)P1C1=C(P2[C@H](C)CC[C@H]2C)C(=O)N([C@@H](C)c2ccccc2)C1=O. The van der Waals surface area contributed by atoms with Crippen molar-refractivity contribution in [2.75, 3.05) is 0 Å². The zero-order valence-corrected chi connectivity index (χ0v) is 20.0. The summed E-state index contributed by atoms with van der Waals surface area (Å²) in [6, 6.07) is 9.80. The van der Waals surface area contributed by atoms with Gasteiger partial charge >= 0.3 is 0 Å². The van der Waals surface area contributed by atoms with Crippen LogP contribution in [0.25, 0.3) is 0 Å². The van der Waals surface area contributed by atoms with E-state index in [-0.39, 0.29) is 17.9 Å². The topological polar surface area (TPSA) is 37.4 Å². The highest BCUT2D eigenvalue weighted by Gasteiger charge is 2.51. The molecule has 1 aromatic carbocycles. The summed E-state index contributed by atoms with van der Waals surface area (Å²) in [6.07, 6.45) is 4.73. The van der Waals surface area contributed by atoms with Crippen molar-refractivity contribution >= 4 is 27.7 Å². The van der Waals surface area contributed by atoms with E-state index in [0.29, 0.717) is 22.6 Å². The summed E-state index contributed by atoms with van der Waals surface area (Å²) >= 11 is 0. The monoisotopic (exact) mass is 429 g/mol. The highest BCUT2D eigenvalue weighted by Crippen LogP contribution is 2.71. The number of carbonyl (C=O) groups excluding carboxylic acids is 2. The van der Waals surface area contributed by atoms with Gasteiger partial charge in [-0.3, -0.25) is 14.5 Å². The molecule has 0 spiro atoms. The van der Waals surface area contributed by atoms with E-state index in [9.17, 15) is 9.59 Å². The van der Waals surface area contributed by atoms with E-state index in [2.05, 4.69) is 27.7 Å². The molecule has 156 valence electrons. The van der Waals surface area contributed by atoms with Crippen LogP contribution in [-0.2, 0) is 9.59 Å². The zero-order valence-electron chi connectivity index (χ0n) is 18.3. The van der Waals surface area contributed by atoms with Crippen LogP contribution in [0.15, 0.2) is 41.0 Å². The predicted octanol–water partition coefficient (Wildman–Crippen LogP) is 6.43. The van der Waals surface area contributed by atoms with Crippen LogP contribution < -0.4 is 0 Å². The third-order valence-corrected chi connectivity index (χ3v) is 14.0. The van der Waals surface area contributed by atoms with Gasteiger partial charge in [-0.2, -0.15) is 0 Å². The quantitative estimate of drug-likeness (QED) is 0.408. The molecular formula is C24H33NO2P2. The van der Waals surface area contributed by atoms with Gasteiger partial charge in [-0.25, -0.2) is 0 Å². The Balaban J connectivity index is 1.80. The molecule has 2 saturated heterocycles. The number of nitrogens with zero attached hydrogens (tertiary/aromatic N) is 1. The van der Waals surface area contributed by atoms with Crippen molar-refractivity contribution in [1.29, 1.82) is 0 Å². The number of hydrogen-bond donors (Lipinski definition) is 0. The third-order valence-electron chi connectivity index (χ3n) is 7.16. The van der Waals surface area contributed by atoms with Crippen LogP contribution in [0.4, 0.5) is 0 Å². The molecule has 3 heterocycles. The molecule has 4 rings (SSSR count). The maximum Gasteiger partial charge on any atom is 0.262 e. The highest BCUT2D eigenvalue weighted by molar-refractivity contribution is 7.70. The number of rotatable bonds is 4. The lowest BCUT2D eigenvalue weighted by Gasteiger charge is -2.26. The molecule has 3 aliphatic rings. The average Bonchev–Trinajstić information content (AvgIpc) is 3.29. The molecule has 0 aliphatic carbocycles. The van der Waals surface area contributed by atoms with Crippen molar-refractivity contribution in [3.63, 3.8) is 0 Å². The number of imide groups is 1. The Morgan fingerprint density at radius 1 is 0.759 bits per heavy atom. The Hall–Kier alpha value is -1.04. The zero-order chi connectivity index (χ0) is 20.9. The van der Waals surface area contributed by atoms with Gasteiger partial charge in [-0.15, -0.1) is 0 Å². The highest BCUT2D eigenvalue weighted by atomic mass is 31.1. The maximum atomic E-state index is 13.9. The Bertz CT molecular complexity index is 771. The Morgan fingerprint density at radius 3 is 1.52 bits per heavy atom. The first-order valence-corrected chi connectivity index (χ1v) is 14.0. The van der Waals surface area contributed by atoms with E-state index in [0.717, 1.165) is 16.2 Å². The molecule has 2 fully saturated rings. The van der Waals surface area contributed by atoms with Crippen LogP contribution in [-0.4, -0.2) is 39.4 Å². The Morgan fingerprint density at radius 2 is 1.14 bits per heavy atom. The maximum absolute atomic E-state index is 13.9. The van der Waals surface area contributed by atoms with Crippen LogP contribution in [0.3, 0.4) is 0 Å². The second kappa shape index (κ2) is 8.24. The van der Waals surface area contributed by atoms with Crippen molar-refractivity contribution in [2.45, 2.75) is 89.0 Å². The number of benzene rings is 1. The molecular weight excluding hydrogens is 396 g/mol. The summed E-state index contributed by atoms with van der Waals surface area (Å²) in [4.78, 5) is 29.3. The molecule has 0 saturated carbocycles. The van der Waals surface area contributed by atoms with Crippen molar-refractivity contribution in [3.8, 4) is 0 Å². The fourth-order valence-corrected chi connectivity index (χ4v) is 12.7. The molecule has 5 heteroatoms. The van der Waals surface area contributed by atoms with Crippen LogP contribution in [0.5, 0.6) is 0 Å². The van der Waals surface area contributed by atoms with Gasteiger partial charge in [-0.1, -0.05) is 73.9 Å². The van der Waals surface area contributed by atoms with Crippen LogP contribution >= 0.6 is 15.8 Å². The van der Waals surface area contributed by atoms with Gasteiger partial charge in [0.15, 0.2) is 0 Å². The van der Waals surface area contributed by atoms with Crippen molar-refractivity contribution in [1.82, 2.24) is 4.90 Å². The van der Waals surface area contributed by atoms with Gasteiger partial charge < -0.3 is 0 Å². The van der Waals surface area contributed by atoms with Gasteiger partial charge in [-0.05, 0) is 60.8 Å². The van der Waals surface area contributed by atoms with E-state index in [1.165, 1.54) is 25.7 Å². The fourth-order valence-electron chi connectivity index (χ4n) is 5.49. The molecule has 0 N–H and O–H groups in total. The standard InChI is InChI=1S/C24H33NO2P2/c1-15-11-12-16(2)28(15)21-22(29-17(3)13-14-18(29)4)24(27)25(23(21)26)19(5)20-9-7-6-8-10-20/h6-10,15-19H,11-14H2,1-5H3/t15-,16-,17-,18-,19+/m1/s1. The molecule has 3 nitrogen and oxygen atoms in total. The second-order valence-electron chi connectivity index (χ2n) is 9.13. The number of hydrogen-bond acceptors (Lipinski definition) is 2. The second-order valence-corrected chi connectivity index (χ2v) is 15.2. The molecule has 3 aliphatic heterocycles. The van der Waals surface area contributed by atoms with Crippen LogP contribution in [0.2, 0.25) is 0 Å². The summed E-state index contributed by atoms with van der Waals surface area (Å²) < 4.78 is 0. The number of carbonyl (C=O) groups is 2. The normalized spacial score (nSPS) is 32.7. The van der Waals surface area contributed by atoms with E-state index in [1.807, 2.05) is 37.3 Å². The van der Waals surface area contributed by atoms with Crippen molar-refractivity contribution in [2.24, 2.45) is 0 Å². The summed E-state index contributed by atoms with van der Waals surface area (Å²) in [6.45, 7) is 11.2. The van der Waals surface area contributed by atoms with Gasteiger partial charge in [0.1, 0.15) is 0 Å². The average molecular weight is 429 g/mol. The molecule has 5 atom stereocenters. The molecule has 0 aromatic heterocycles. The molecule has 0 bridgehead atoms.